The highest BCUT2D eigenvalue weighted by Crippen LogP contribution is 2.25. The molecule has 4 heteroatoms. The molecule has 2 aromatic carbocycles. The number of nitrogens with zero attached hydrogens (tertiary/aromatic N) is 1. The first-order valence-electron chi connectivity index (χ1n) is 8.35. The number of aryl methyl sites for hydroxylation is 2. The van der Waals surface area contributed by atoms with Crippen molar-refractivity contribution in [2.45, 2.75) is 25.7 Å². The van der Waals surface area contributed by atoms with Gasteiger partial charge in [0.25, 0.3) is 0 Å². The second-order valence-electron chi connectivity index (χ2n) is 6.20. The summed E-state index contributed by atoms with van der Waals surface area (Å²) >= 11 is 12.2. The average molecular weight is 366 g/mol. The monoisotopic (exact) mass is 365 g/mol. The zero-order valence-electron chi connectivity index (χ0n) is 14.4. The third-order valence-electron chi connectivity index (χ3n) is 3.91. The Hall–Kier alpha value is -1.22. The summed E-state index contributed by atoms with van der Waals surface area (Å²) in [6, 6.07) is 13.9. The van der Waals surface area contributed by atoms with Gasteiger partial charge in [-0.2, -0.15) is 0 Å². The van der Waals surface area contributed by atoms with Gasteiger partial charge in [0.2, 0.25) is 0 Å². The summed E-state index contributed by atoms with van der Waals surface area (Å²) in [5.41, 5.74) is 2.33. The molecule has 0 bridgehead atoms. The van der Waals surface area contributed by atoms with Crippen molar-refractivity contribution >= 4 is 23.2 Å². The van der Waals surface area contributed by atoms with Crippen molar-refractivity contribution in [3.63, 3.8) is 0 Å². The van der Waals surface area contributed by atoms with Crippen LogP contribution in [0.5, 0.6) is 5.75 Å². The first-order valence-corrected chi connectivity index (χ1v) is 9.11. The Morgan fingerprint density at radius 1 is 0.917 bits per heavy atom. The Labute approximate surface area is 155 Å². The third kappa shape index (κ3) is 6.35. The number of benzene rings is 2. The number of hydrogen-bond donors (Lipinski definition) is 0. The number of hydrogen-bond acceptors (Lipinski definition) is 2. The van der Waals surface area contributed by atoms with Crippen LogP contribution in [0, 0.1) is 0 Å². The third-order valence-corrected chi connectivity index (χ3v) is 4.50. The van der Waals surface area contributed by atoms with E-state index in [2.05, 4.69) is 31.1 Å². The lowest BCUT2D eigenvalue weighted by Gasteiger charge is -2.13. The van der Waals surface area contributed by atoms with E-state index in [1.807, 2.05) is 24.3 Å². The molecule has 0 heterocycles. The summed E-state index contributed by atoms with van der Waals surface area (Å²) in [4.78, 5) is 2.20. The Morgan fingerprint density at radius 3 is 2.42 bits per heavy atom. The zero-order chi connectivity index (χ0) is 17.4. The fourth-order valence-corrected chi connectivity index (χ4v) is 3.06. The number of unbranched alkanes of at least 4 members (excludes halogenated alkanes) is 1. The van der Waals surface area contributed by atoms with Gasteiger partial charge in [0.1, 0.15) is 5.75 Å². The molecule has 0 aliphatic rings. The highest BCUT2D eigenvalue weighted by atomic mass is 35.5. The molecular formula is C20H25Cl2NO. The molecule has 0 saturated carbocycles. The lowest BCUT2D eigenvalue weighted by Crippen LogP contribution is -2.13. The molecule has 0 spiro atoms. The zero-order valence-corrected chi connectivity index (χ0v) is 15.9. The van der Waals surface area contributed by atoms with E-state index in [4.69, 9.17) is 27.9 Å². The van der Waals surface area contributed by atoms with E-state index in [1.165, 1.54) is 5.56 Å². The van der Waals surface area contributed by atoms with E-state index >= 15 is 0 Å². The van der Waals surface area contributed by atoms with Crippen LogP contribution in [-0.4, -0.2) is 32.1 Å². The number of para-hydroxylation sites is 1. The number of halogens is 2. The molecule has 0 saturated heterocycles. The molecule has 130 valence electrons. The van der Waals surface area contributed by atoms with Gasteiger partial charge in [0.15, 0.2) is 0 Å². The maximum Gasteiger partial charge on any atom is 0.122 e. The summed E-state index contributed by atoms with van der Waals surface area (Å²) in [5, 5.41) is 1.40. The van der Waals surface area contributed by atoms with Crippen molar-refractivity contribution in [1.82, 2.24) is 4.90 Å². The van der Waals surface area contributed by atoms with E-state index in [-0.39, 0.29) is 0 Å². The molecule has 0 aromatic heterocycles. The van der Waals surface area contributed by atoms with Crippen LogP contribution in [0.25, 0.3) is 0 Å². The van der Waals surface area contributed by atoms with Crippen LogP contribution >= 0.6 is 23.2 Å². The topological polar surface area (TPSA) is 12.5 Å². The predicted molar refractivity (Wildman–Crippen MR) is 104 cm³/mol. The van der Waals surface area contributed by atoms with E-state index in [9.17, 15) is 0 Å². The van der Waals surface area contributed by atoms with Crippen molar-refractivity contribution in [1.29, 1.82) is 0 Å². The van der Waals surface area contributed by atoms with E-state index in [1.54, 1.807) is 6.07 Å². The molecule has 2 aromatic rings. The summed E-state index contributed by atoms with van der Waals surface area (Å²) in [7, 11) is 4.19. The first kappa shape index (κ1) is 19.1. The van der Waals surface area contributed by atoms with Crippen molar-refractivity contribution in [3.05, 3.63) is 63.6 Å². The molecule has 0 aliphatic heterocycles. The van der Waals surface area contributed by atoms with E-state index < -0.39 is 0 Å². The summed E-state index contributed by atoms with van der Waals surface area (Å²) in [6.45, 7) is 1.85. The highest BCUT2D eigenvalue weighted by Gasteiger charge is 2.06. The first-order chi connectivity index (χ1) is 11.6. The van der Waals surface area contributed by atoms with Gasteiger partial charge in [0, 0.05) is 10.0 Å². The van der Waals surface area contributed by atoms with Crippen molar-refractivity contribution in [3.8, 4) is 5.75 Å². The summed E-state index contributed by atoms with van der Waals surface area (Å²) in [6.07, 6.45) is 3.98. The number of ether oxygens (including phenoxy) is 1. The maximum atomic E-state index is 6.26. The highest BCUT2D eigenvalue weighted by molar-refractivity contribution is 6.35. The molecule has 0 radical (unpaired) electrons. The van der Waals surface area contributed by atoms with Gasteiger partial charge in [0.05, 0.1) is 6.61 Å². The van der Waals surface area contributed by atoms with Crippen LogP contribution in [0.2, 0.25) is 10.0 Å². The molecule has 0 unspecified atom stereocenters. The van der Waals surface area contributed by atoms with Crippen LogP contribution in [0.4, 0.5) is 0 Å². The van der Waals surface area contributed by atoms with Crippen LogP contribution in [0.15, 0.2) is 42.5 Å². The molecule has 0 atom stereocenters. The van der Waals surface area contributed by atoms with Gasteiger partial charge >= 0.3 is 0 Å². The molecule has 0 N–H and O–H groups in total. The van der Waals surface area contributed by atoms with Crippen LogP contribution in [0.1, 0.15) is 24.0 Å². The minimum absolute atomic E-state index is 0.671. The Bertz CT molecular complexity index is 643. The normalized spacial score (nSPS) is 11.0. The van der Waals surface area contributed by atoms with Gasteiger partial charge in [-0.3, -0.25) is 0 Å². The fraction of sp³-hybridized carbons (Fsp3) is 0.400. The lowest BCUT2D eigenvalue weighted by atomic mass is 10.0. The van der Waals surface area contributed by atoms with Crippen LogP contribution in [0.3, 0.4) is 0 Å². The Morgan fingerprint density at radius 2 is 1.67 bits per heavy atom. The van der Waals surface area contributed by atoms with Crippen molar-refractivity contribution < 1.29 is 4.74 Å². The molecule has 0 aliphatic carbocycles. The van der Waals surface area contributed by atoms with Gasteiger partial charge in [-0.25, -0.2) is 0 Å². The molecule has 0 fully saturated rings. The largest absolute Gasteiger partial charge is 0.493 e. The van der Waals surface area contributed by atoms with E-state index in [0.29, 0.717) is 5.02 Å². The summed E-state index contributed by atoms with van der Waals surface area (Å²) in [5.74, 6) is 0.979. The van der Waals surface area contributed by atoms with Gasteiger partial charge in [-0.05, 0) is 75.6 Å². The Kier molecular flexibility index (Phi) is 7.90. The molecule has 0 amide bonds. The van der Waals surface area contributed by atoms with Crippen molar-refractivity contribution in [2.75, 3.05) is 27.2 Å². The quantitative estimate of drug-likeness (QED) is 0.544. The average Bonchev–Trinajstić information content (AvgIpc) is 2.54. The standard InChI is InChI=1S/C20H25Cl2NO/c1-23(2)13-5-6-14-24-20-8-4-3-7-17(20)10-9-16-11-12-18(21)15-19(16)22/h3-4,7-8,11-12,15H,5-6,9-10,13-14H2,1-2H3. The molecular weight excluding hydrogens is 341 g/mol. The smallest absolute Gasteiger partial charge is 0.122 e. The van der Waals surface area contributed by atoms with Gasteiger partial charge in [-0.1, -0.05) is 47.5 Å². The minimum atomic E-state index is 0.671. The number of rotatable bonds is 9. The Balaban J connectivity index is 1.88. The summed E-state index contributed by atoms with van der Waals surface area (Å²) < 4.78 is 5.98. The molecule has 24 heavy (non-hydrogen) atoms. The van der Waals surface area contributed by atoms with Crippen LogP contribution in [-0.2, 0) is 12.8 Å². The second kappa shape index (κ2) is 9.93. The van der Waals surface area contributed by atoms with E-state index in [0.717, 1.165) is 55.2 Å². The minimum Gasteiger partial charge on any atom is -0.493 e. The van der Waals surface area contributed by atoms with Crippen molar-refractivity contribution in [2.24, 2.45) is 0 Å². The lowest BCUT2D eigenvalue weighted by molar-refractivity contribution is 0.290. The fourth-order valence-electron chi connectivity index (χ4n) is 2.56. The molecule has 2 rings (SSSR count). The molecule has 2 nitrogen and oxygen atoms in total. The predicted octanol–water partition coefficient (Wildman–Crippen LogP) is 5.50. The SMILES string of the molecule is CN(C)CCCCOc1ccccc1CCc1ccc(Cl)cc1Cl. The van der Waals surface area contributed by atoms with Gasteiger partial charge in [-0.15, -0.1) is 0 Å². The van der Waals surface area contributed by atoms with Crippen LogP contribution < -0.4 is 4.74 Å². The second-order valence-corrected chi connectivity index (χ2v) is 7.05. The van der Waals surface area contributed by atoms with Gasteiger partial charge < -0.3 is 9.64 Å². The maximum absolute atomic E-state index is 6.26.